The topological polar surface area (TPSA) is 51.2 Å². The lowest BCUT2D eigenvalue weighted by Crippen LogP contribution is -2.09. The van der Waals surface area contributed by atoms with Gasteiger partial charge in [-0.2, -0.15) is 0 Å². The number of thiophene rings is 1. The minimum atomic E-state index is -0.150. The van der Waals surface area contributed by atoms with E-state index in [2.05, 4.69) is 10.3 Å². The maximum absolute atomic E-state index is 12.3. The summed E-state index contributed by atoms with van der Waals surface area (Å²) < 4.78 is 5.68. The third kappa shape index (κ3) is 4.14. The van der Waals surface area contributed by atoms with Crippen molar-refractivity contribution in [3.8, 4) is 5.75 Å². The van der Waals surface area contributed by atoms with E-state index < -0.39 is 0 Å². The fourth-order valence-corrected chi connectivity index (χ4v) is 3.76. The molecule has 1 aromatic carbocycles. The number of thiazole rings is 1. The van der Waals surface area contributed by atoms with Crippen molar-refractivity contribution in [3.05, 3.63) is 61.7 Å². The third-order valence-electron chi connectivity index (χ3n) is 3.33. The summed E-state index contributed by atoms with van der Waals surface area (Å²) >= 11 is 8.79. The molecule has 2 heterocycles. The number of anilines is 1. The van der Waals surface area contributed by atoms with E-state index in [-0.39, 0.29) is 5.91 Å². The largest absolute Gasteiger partial charge is 0.489 e. The molecule has 1 amide bonds. The predicted molar refractivity (Wildman–Crippen MR) is 99.6 cm³/mol. The molecule has 3 rings (SSSR count). The van der Waals surface area contributed by atoms with Gasteiger partial charge in [0.05, 0.1) is 10.6 Å². The Morgan fingerprint density at radius 3 is 2.88 bits per heavy atom. The van der Waals surface area contributed by atoms with Crippen LogP contribution in [0.2, 0.25) is 5.02 Å². The van der Waals surface area contributed by atoms with Crippen LogP contribution in [-0.4, -0.2) is 10.9 Å². The van der Waals surface area contributed by atoms with Gasteiger partial charge in [0, 0.05) is 15.5 Å². The van der Waals surface area contributed by atoms with Gasteiger partial charge in [-0.1, -0.05) is 17.7 Å². The van der Waals surface area contributed by atoms with Crippen LogP contribution in [-0.2, 0) is 6.61 Å². The van der Waals surface area contributed by atoms with E-state index in [1.165, 1.54) is 22.7 Å². The number of carbonyl (C=O) groups excluding carboxylic acids is 1. The molecule has 1 N–H and O–H groups in total. The molecule has 0 aliphatic rings. The van der Waals surface area contributed by atoms with Gasteiger partial charge in [0.15, 0.2) is 5.13 Å². The Bertz CT molecular complexity index is 854. The maximum Gasteiger partial charge on any atom is 0.267 e. The number of nitrogens with zero attached hydrogens (tertiary/aromatic N) is 1. The number of hydrogen-bond donors (Lipinski definition) is 1. The average Bonchev–Trinajstić information content (AvgIpc) is 3.13. The summed E-state index contributed by atoms with van der Waals surface area (Å²) in [4.78, 5) is 18.3. The zero-order valence-electron chi connectivity index (χ0n) is 13.1. The molecule has 0 spiro atoms. The molecule has 0 aliphatic heterocycles. The van der Waals surface area contributed by atoms with Gasteiger partial charge in [0.1, 0.15) is 12.4 Å². The van der Waals surface area contributed by atoms with Crippen LogP contribution in [0.25, 0.3) is 0 Å². The predicted octanol–water partition coefficient (Wildman–Crippen LogP) is 5.31. The van der Waals surface area contributed by atoms with E-state index in [9.17, 15) is 4.79 Å². The summed E-state index contributed by atoms with van der Waals surface area (Å²) in [5, 5.41) is 6.01. The molecule has 0 saturated heterocycles. The van der Waals surface area contributed by atoms with E-state index in [4.69, 9.17) is 16.3 Å². The Balaban J connectivity index is 1.61. The van der Waals surface area contributed by atoms with E-state index in [1.54, 1.807) is 12.1 Å². The van der Waals surface area contributed by atoms with Gasteiger partial charge < -0.3 is 4.74 Å². The molecule has 0 aliphatic carbocycles. The van der Waals surface area contributed by atoms with Gasteiger partial charge in [-0.05, 0) is 43.5 Å². The first-order valence-corrected chi connectivity index (χ1v) is 9.30. The van der Waals surface area contributed by atoms with Crippen molar-refractivity contribution in [3.63, 3.8) is 0 Å². The summed E-state index contributed by atoms with van der Waals surface area (Å²) in [5.41, 5.74) is 1.88. The minimum Gasteiger partial charge on any atom is -0.489 e. The van der Waals surface area contributed by atoms with Crippen molar-refractivity contribution in [1.29, 1.82) is 0 Å². The van der Waals surface area contributed by atoms with Gasteiger partial charge in [-0.25, -0.2) is 4.98 Å². The van der Waals surface area contributed by atoms with Crippen molar-refractivity contribution in [2.45, 2.75) is 20.5 Å². The zero-order chi connectivity index (χ0) is 17.1. The average molecular weight is 379 g/mol. The van der Waals surface area contributed by atoms with Crippen LogP contribution in [0.1, 0.15) is 25.8 Å². The van der Waals surface area contributed by atoms with E-state index in [0.29, 0.717) is 27.4 Å². The van der Waals surface area contributed by atoms with Crippen LogP contribution < -0.4 is 10.1 Å². The quantitative estimate of drug-likeness (QED) is 0.654. The lowest BCUT2D eigenvalue weighted by atomic mass is 10.3. The van der Waals surface area contributed by atoms with Crippen molar-refractivity contribution in [2.24, 2.45) is 0 Å². The molecule has 0 atom stereocenters. The van der Waals surface area contributed by atoms with Gasteiger partial charge in [-0.3, -0.25) is 10.1 Å². The molecule has 0 unspecified atom stereocenters. The minimum absolute atomic E-state index is 0.150. The SMILES string of the molecule is Cc1nc(NC(=O)c2cc(COc3cccc(Cl)c3)cs2)sc1C. The zero-order valence-corrected chi connectivity index (χ0v) is 15.5. The number of aryl methyl sites for hydroxylation is 2. The molecule has 0 fully saturated rings. The molecule has 0 radical (unpaired) electrons. The Morgan fingerprint density at radius 1 is 1.33 bits per heavy atom. The van der Waals surface area contributed by atoms with Gasteiger partial charge >= 0.3 is 0 Å². The van der Waals surface area contributed by atoms with Crippen molar-refractivity contribution in [2.75, 3.05) is 5.32 Å². The smallest absolute Gasteiger partial charge is 0.267 e. The number of aromatic nitrogens is 1. The molecule has 3 aromatic rings. The van der Waals surface area contributed by atoms with E-state index >= 15 is 0 Å². The lowest BCUT2D eigenvalue weighted by Gasteiger charge is -2.04. The number of benzene rings is 1. The Morgan fingerprint density at radius 2 is 2.17 bits per heavy atom. The second-order valence-electron chi connectivity index (χ2n) is 5.18. The highest BCUT2D eigenvalue weighted by atomic mass is 35.5. The summed E-state index contributed by atoms with van der Waals surface area (Å²) in [6.07, 6.45) is 0. The molecule has 2 aromatic heterocycles. The number of carbonyl (C=O) groups is 1. The lowest BCUT2D eigenvalue weighted by molar-refractivity contribution is 0.103. The third-order valence-corrected chi connectivity index (χ3v) is 5.53. The first-order chi connectivity index (χ1) is 11.5. The van der Waals surface area contributed by atoms with Crippen LogP contribution in [0.4, 0.5) is 5.13 Å². The van der Waals surface area contributed by atoms with Crippen molar-refractivity contribution in [1.82, 2.24) is 4.98 Å². The molecule has 4 nitrogen and oxygen atoms in total. The molecule has 124 valence electrons. The molecule has 24 heavy (non-hydrogen) atoms. The number of halogens is 1. The fraction of sp³-hybridized carbons (Fsp3) is 0.176. The molecular formula is C17H15ClN2O2S2. The fourth-order valence-electron chi connectivity index (χ4n) is 1.98. The highest BCUT2D eigenvalue weighted by Gasteiger charge is 2.12. The number of amides is 1. The number of nitrogens with one attached hydrogen (secondary N) is 1. The first-order valence-electron chi connectivity index (χ1n) is 7.22. The number of hydrogen-bond acceptors (Lipinski definition) is 5. The highest BCUT2D eigenvalue weighted by Crippen LogP contribution is 2.24. The summed E-state index contributed by atoms with van der Waals surface area (Å²) in [6.45, 7) is 4.30. The highest BCUT2D eigenvalue weighted by molar-refractivity contribution is 7.16. The molecule has 0 bridgehead atoms. The van der Waals surface area contributed by atoms with Crippen LogP contribution in [0, 0.1) is 13.8 Å². The second-order valence-corrected chi connectivity index (χ2v) is 7.73. The molecule has 7 heteroatoms. The van der Waals surface area contributed by atoms with Gasteiger partial charge in [-0.15, -0.1) is 22.7 Å². The van der Waals surface area contributed by atoms with Crippen molar-refractivity contribution < 1.29 is 9.53 Å². The van der Waals surface area contributed by atoms with E-state index in [1.807, 2.05) is 37.4 Å². The van der Waals surface area contributed by atoms with Crippen LogP contribution >= 0.6 is 34.3 Å². The molecule has 0 saturated carbocycles. The Hall–Kier alpha value is -1.89. The normalized spacial score (nSPS) is 10.6. The van der Waals surface area contributed by atoms with Crippen molar-refractivity contribution >= 4 is 45.3 Å². The maximum atomic E-state index is 12.3. The monoisotopic (exact) mass is 378 g/mol. The van der Waals surface area contributed by atoms with Crippen LogP contribution in [0.5, 0.6) is 5.75 Å². The summed E-state index contributed by atoms with van der Waals surface area (Å²) in [6, 6.07) is 9.07. The van der Waals surface area contributed by atoms with E-state index in [0.717, 1.165) is 16.1 Å². The Kier molecular flexibility index (Phi) is 5.18. The summed E-state index contributed by atoms with van der Waals surface area (Å²) in [7, 11) is 0. The van der Waals surface area contributed by atoms with Crippen LogP contribution in [0.3, 0.4) is 0 Å². The number of ether oxygens (including phenoxy) is 1. The number of rotatable bonds is 5. The molecular weight excluding hydrogens is 364 g/mol. The first kappa shape index (κ1) is 17.0. The Labute approximate surface area is 153 Å². The second kappa shape index (κ2) is 7.34. The van der Waals surface area contributed by atoms with Crippen LogP contribution in [0.15, 0.2) is 35.7 Å². The van der Waals surface area contributed by atoms with Gasteiger partial charge in [0.25, 0.3) is 5.91 Å². The standard InChI is InChI=1S/C17H15ClN2O2S2/c1-10-11(2)24-17(19-10)20-16(21)15-6-12(9-23-15)8-22-14-5-3-4-13(18)7-14/h3-7,9H,8H2,1-2H3,(H,19,20,21). The van der Waals surface area contributed by atoms with Gasteiger partial charge in [0.2, 0.25) is 0 Å². The summed E-state index contributed by atoms with van der Waals surface area (Å²) in [5.74, 6) is 0.552.